The van der Waals surface area contributed by atoms with Gasteiger partial charge in [0, 0.05) is 30.5 Å². The Labute approximate surface area is 149 Å². The third-order valence-electron chi connectivity index (χ3n) is 5.75. The number of hydrogen-bond donors (Lipinski definition) is 0. The summed E-state index contributed by atoms with van der Waals surface area (Å²) in [5.74, 6) is 0.489. The van der Waals surface area contributed by atoms with E-state index in [2.05, 4.69) is 42.7 Å². The number of aromatic nitrogens is 1. The quantitative estimate of drug-likeness (QED) is 0.751. The molecule has 3 heterocycles. The first-order chi connectivity index (χ1) is 12.1. The van der Waals surface area contributed by atoms with Crippen LogP contribution < -0.4 is 0 Å². The zero-order chi connectivity index (χ0) is 17.4. The predicted octanol–water partition coefficient (Wildman–Crippen LogP) is 3.71. The lowest BCUT2D eigenvalue weighted by atomic mass is 9.82. The number of fused-ring (bicyclic) bond motifs is 3. The lowest BCUT2D eigenvalue weighted by molar-refractivity contribution is -0.121. The van der Waals surface area contributed by atoms with Gasteiger partial charge in [0.1, 0.15) is 5.60 Å². The molecular formula is C21H28N2O2. The molecule has 0 N–H and O–H groups in total. The largest absolute Gasteiger partial charge is 0.368 e. The molecule has 1 atom stereocenters. The van der Waals surface area contributed by atoms with Crippen molar-refractivity contribution in [3.05, 3.63) is 35.5 Å². The van der Waals surface area contributed by atoms with Crippen molar-refractivity contribution < 1.29 is 9.53 Å². The summed E-state index contributed by atoms with van der Waals surface area (Å²) in [6, 6.07) is 8.76. The Morgan fingerprint density at radius 1 is 1.36 bits per heavy atom. The normalized spacial score (nSPS) is 22.2. The van der Waals surface area contributed by atoms with Gasteiger partial charge in [-0.15, -0.1) is 0 Å². The Hall–Kier alpha value is -1.81. The van der Waals surface area contributed by atoms with Gasteiger partial charge in [0.05, 0.1) is 12.3 Å². The second-order valence-electron chi connectivity index (χ2n) is 7.94. The summed E-state index contributed by atoms with van der Waals surface area (Å²) >= 11 is 0. The fraction of sp³-hybridized carbons (Fsp3) is 0.571. The van der Waals surface area contributed by atoms with Crippen molar-refractivity contribution in [3.63, 3.8) is 0 Å². The van der Waals surface area contributed by atoms with Crippen LogP contribution in [0, 0.1) is 5.92 Å². The minimum absolute atomic E-state index is 0.219. The molecule has 1 aromatic carbocycles. The number of hydrogen-bond acceptors (Lipinski definition) is 2. The number of rotatable bonds is 6. The van der Waals surface area contributed by atoms with Gasteiger partial charge in [-0.1, -0.05) is 32.0 Å². The third kappa shape index (κ3) is 2.77. The molecule has 4 heteroatoms. The van der Waals surface area contributed by atoms with Crippen molar-refractivity contribution in [1.82, 2.24) is 9.47 Å². The number of para-hydroxylation sites is 1. The molecule has 1 aromatic heterocycles. The highest BCUT2D eigenvalue weighted by molar-refractivity contribution is 5.86. The number of ether oxygens (including phenoxy) is 1. The van der Waals surface area contributed by atoms with Crippen LogP contribution in [0.25, 0.3) is 10.9 Å². The van der Waals surface area contributed by atoms with E-state index in [0.717, 1.165) is 58.3 Å². The number of carbonyl (C=O) groups is 1. The number of nitrogens with zero attached hydrogens (tertiary/aromatic N) is 2. The van der Waals surface area contributed by atoms with Crippen molar-refractivity contribution in [2.24, 2.45) is 5.92 Å². The molecule has 0 bridgehead atoms. The first kappa shape index (κ1) is 16.6. The van der Waals surface area contributed by atoms with Gasteiger partial charge < -0.3 is 14.2 Å². The summed E-state index contributed by atoms with van der Waals surface area (Å²) in [6.45, 7) is 7.75. The Bertz CT molecular complexity index is 731. The molecule has 0 saturated carbocycles. The predicted molar refractivity (Wildman–Crippen MR) is 99.6 cm³/mol. The minimum atomic E-state index is -0.219. The van der Waals surface area contributed by atoms with Crippen LogP contribution in [0.1, 0.15) is 44.4 Å². The van der Waals surface area contributed by atoms with Gasteiger partial charge in [-0.25, -0.2) is 0 Å². The summed E-state index contributed by atoms with van der Waals surface area (Å²) in [7, 11) is 0. The van der Waals surface area contributed by atoms with Crippen LogP contribution in [0.15, 0.2) is 24.3 Å². The van der Waals surface area contributed by atoms with E-state index in [1.807, 2.05) is 4.90 Å². The molecule has 2 aliphatic heterocycles. The molecule has 1 unspecified atom stereocenters. The van der Waals surface area contributed by atoms with E-state index in [1.165, 1.54) is 22.2 Å². The van der Waals surface area contributed by atoms with E-state index >= 15 is 0 Å². The summed E-state index contributed by atoms with van der Waals surface area (Å²) in [4.78, 5) is 13.4. The number of carbonyl (C=O) groups excluding carboxylic acids is 1. The van der Waals surface area contributed by atoms with Crippen molar-refractivity contribution in [3.8, 4) is 0 Å². The van der Waals surface area contributed by atoms with Crippen molar-refractivity contribution >= 4 is 17.3 Å². The lowest BCUT2D eigenvalue weighted by Gasteiger charge is -2.43. The Morgan fingerprint density at radius 3 is 3.00 bits per heavy atom. The molecule has 2 aromatic rings. The van der Waals surface area contributed by atoms with Crippen LogP contribution in [0.5, 0.6) is 0 Å². The average molecular weight is 340 g/mol. The standard InChI is InChI=1S/C21H28N2O2/c1-16(2)14-22(15-24)12-10-21-9-5-11-23-19-7-4-3-6-17(19)18(20(21)23)8-13-25-21/h3-4,6-7,15-16H,5,8-14H2,1-2H3. The van der Waals surface area contributed by atoms with E-state index in [9.17, 15) is 4.79 Å². The first-order valence-electron chi connectivity index (χ1n) is 9.58. The average Bonchev–Trinajstić information content (AvgIpc) is 2.95. The molecule has 4 rings (SSSR count). The van der Waals surface area contributed by atoms with Gasteiger partial charge in [-0.05, 0) is 43.2 Å². The molecule has 4 nitrogen and oxygen atoms in total. The van der Waals surface area contributed by atoms with Crippen LogP contribution >= 0.6 is 0 Å². The summed E-state index contributed by atoms with van der Waals surface area (Å²) in [5, 5.41) is 1.39. The second kappa shape index (κ2) is 6.49. The molecule has 0 saturated heterocycles. The van der Waals surface area contributed by atoms with E-state index in [4.69, 9.17) is 4.74 Å². The highest BCUT2D eigenvalue weighted by atomic mass is 16.5. The topological polar surface area (TPSA) is 34.5 Å². The van der Waals surface area contributed by atoms with Gasteiger partial charge in [-0.2, -0.15) is 0 Å². The zero-order valence-corrected chi connectivity index (χ0v) is 15.3. The summed E-state index contributed by atoms with van der Waals surface area (Å²) < 4.78 is 8.93. The van der Waals surface area contributed by atoms with E-state index in [0.29, 0.717) is 5.92 Å². The smallest absolute Gasteiger partial charge is 0.209 e. The van der Waals surface area contributed by atoms with Gasteiger partial charge in [-0.3, -0.25) is 4.79 Å². The van der Waals surface area contributed by atoms with Crippen LogP contribution in [0.2, 0.25) is 0 Å². The zero-order valence-electron chi connectivity index (χ0n) is 15.3. The SMILES string of the molecule is CC(C)CN(C=O)CCC12CCCn3c1c(c1ccccc13)CCO2. The highest BCUT2D eigenvalue weighted by Crippen LogP contribution is 2.46. The van der Waals surface area contributed by atoms with Crippen LogP contribution in [0.4, 0.5) is 0 Å². The molecule has 25 heavy (non-hydrogen) atoms. The maximum atomic E-state index is 11.5. The Kier molecular flexibility index (Phi) is 4.32. The summed E-state index contributed by atoms with van der Waals surface area (Å²) in [5.41, 5.74) is 3.99. The maximum absolute atomic E-state index is 11.5. The van der Waals surface area contributed by atoms with Gasteiger partial charge in [0.15, 0.2) is 0 Å². The second-order valence-corrected chi connectivity index (χ2v) is 7.94. The molecule has 2 aliphatic rings. The molecule has 0 fully saturated rings. The molecule has 0 spiro atoms. The van der Waals surface area contributed by atoms with Gasteiger partial charge in [0.25, 0.3) is 0 Å². The van der Waals surface area contributed by atoms with Crippen LogP contribution in [0.3, 0.4) is 0 Å². The molecule has 0 radical (unpaired) electrons. The Balaban J connectivity index is 1.70. The molecular weight excluding hydrogens is 312 g/mol. The van der Waals surface area contributed by atoms with Crippen molar-refractivity contribution in [1.29, 1.82) is 0 Å². The van der Waals surface area contributed by atoms with E-state index in [1.54, 1.807) is 0 Å². The van der Waals surface area contributed by atoms with Crippen LogP contribution in [-0.2, 0) is 28.1 Å². The lowest BCUT2D eigenvalue weighted by Crippen LogP contribution is -2.43. The third-order valence-corrected chi connectivity index (χ3v) is 5.75. The Morgan fingerprint density at radius 2 is 2.20 bits per heavy atom. The maximum Gasteiger partial charge on any atom is 0.209 e. The number of aryl methyl sites for hydroxylation is 1. The molecule has 134 valence electrons. The van der Waals surface area contributed by atoms with E-state index < -0.39 is 0 Å². The van der Waals surface area contributed by atoms with Crippen LogP contribution in [-0.4, -0.2) is 35.6 Å². The number of benzene rings is 1. The molecule has 1 amide bonds. The van der Waals surface area contributed by atoms with Gasteiger partial charge >= 0.3 is 0 Å². The van der Waals surface area contributed by atoms with Crippen molar-refractivity contribution in [2.45, 2.75) is 51.7 Å². The number of amides is 1. The van der Waals surface area contributed by atoms with E-state index in [-0.39, 0.29) is 5.60 Å². The fourth-order valence-corrected chi connectivity index (χ4v) is 4.81. The first-order valence-corrected chi connectivity index (χ1v) is 9.58. The highest BCUT2D eigenvalue weighted by Gasteiger charge is 2.43. The minimum Gasteiger partial charge on any atom is -0.368 e. The van der Waals surface area contributed by atoms with Crippen molar-refractivity contribution in [2.75, 3.05) is 19.7 Å². The molecule has 0 aliphatic carbocycles. The fourth-order valence-electron chi connectivity index (χ4n) is 4.81. The monoisotopic (exact) mass is 340 g/mol. The summed E-state index contributed by atoms with van der Waals surface area (Å²) in [6.07, 6.45) is 5.08. The van der Waals surface area contributed by atoms with Gasteiger partial charge in [0.2, 0.25) is 6.41 Å².